The van der Waals surface area contributed by atoms with Gasteiger partial charge in [0.2, 0.25) is 0 Å². The van der Waals surface area contributed by atoms with Crippen LogP contribution in [0.2, 0.25) is 0 Å². The summed E-state index contributed by atoms with van der Waals surface area (Å²) >= 11 is 0. The molecule has 0 amide bonds. The van der Waals surface area contributed by atoms with Gasteiger partial charge in [-0.25, -0.2) is 9.59 Å². The van der Waals surface area contributed by atoms with Crippen molar-refractivity contribution in [3.63, 3.8) is 0 Å². The number of esters is 1. The first-order valence-corrected chi connectivity index (χ1v) is 6.77. The second kappa shape index (κ2) is 9.00. The average Bonchev–Trinajstić information content (AvgIpc) is 2.61. The van der Waals surface area contributed by atoms with Crippen LogP contribution < -0.4 is 0 Å². The van der Waals surface area contributed by atoms with Crippen LogP contribution in [-0.2, 0) is 14.3 Å². The Balaban J connectivity index is 0.000000231. The highest BCUT2D eigenvalue weighted by molar-refractivity contribution is 6.15. The monoisotopic (exact) mass is 310 g/mol. The van der Waals surface area contributed by atoms with Crippen molar-refractivity contribution >= 4 is 23.1 Å². The lowest BCUT2D eigenvalue weighted by Crippen LogP contribution is -2.01. The Hall–Kier alpha value is -3.14. The summed E-state index contributed by atoms with van der Waals surface area (Å²) < 4.78 is 4.53. The second-order valence-electron chi connectivity index (χ2n) is 4.49. The molecule has 0 fully saturated rings. The van der Waals surface area contributed by atoms with E-state index in [1.165, 1.54) is 7.11 Å². The van der Waals surface area contributed by atoms with Gasteiger partial charge >= 0.3 is 11.9 Å². The first kappa shape index (κ1) is 17.9. The molecule has 0 aliphatic heterocycles. The number of carbonyl (C=O) groups excluding carboxylic acids is 1. The third kappa shape index (κ3) is 5.63. The largest absolute Gasteiger partial charge is 0.478 e. The molecule has 0 aliphatic rings. The first-order chi connectivity index (χ1) is 11.0. The third-order valence-electron chi connectivity index (χ3n) is 2.93. The minimum Gasteiger partial charge on any atom is -0.478 e. The number of methoxy groups -OCH3 is 1. The zero-order chi connectivity index (χ0) is 17.2. The fraction of sp³-hybridized carbons (Fsp3) is 0.0526. The fourth-order valence-electron chi connectivity index (χ4n) is 1.64. The highest BCUT2D eigenvalue weighted by Crippen LogP contribution is 2.12. The summed E-state index contributed by atoms with van der Waals surface area (Å²) in [6.45, 7) is 7.05. The van der Waals surface area contributed by atoms with E-state index in [4.69, 9.17) is 5.11 Å². The lowest BCUT2D eigenvalue weighted by atomic mass is 10.1. The van der Waals surface area contributed by atoms with Gasteiger partial charge < -0.3 is 9.84 Å². The molecule has 0 saturated carbocycles. The molecular weight excluding hydrogens is 292 g/mol. The molecule has 0 unspecified atom stereocenters. The Morgan fingerprint density at radius 3 is 1.57 bits per heavy atom. The molecule has 0 bridgehead atoms. The maximum Gasteiger partial charge on any atom is 0.337 e. The van der Waals surface area contributed by atoms with Crippen LogP contribution >= 0.6 is 0 Å². The predicted octanol–water partition coefficient (Wildman–Crippen LogP) is 3.66. The number of hydrogen-bond acceptors (Lipinski definition) is 3. The highest BCUT2D eigenvalue weighted by Gasteiger charge is 2.07. The van der Waals surface area contributed by atoms with Gasteiger partial charge in [-0.05, 0) is 11.1 Å². The van der Waals surface area contributed by atoms with Crippen molar-refractivity contribution in [1.82, 2.24) is 0 Å². The average molecular weight is 310 g/mol. The topological polar surface area (TPSA) is 63.6 Å². The van der Waals surface area contributed by atoms with Crippen molar-refractivity contribution in [3.8, 4) is 0 Å². The van der Waals surface area contributed by atoms with Crippen molar-refractivity contribution in [2.45, 2.75) is 0 Å². The predicted molar refractivity (Wildman–Crippen MR) is 90.6 cm³/mol. The van der Waals surface area contributed by atoms with E-state index in [0.29, 0.717) is 11.1 Å². The molecule has 0 heterocycles. The SMILES string of the molecule is C=C(C(=O)O)c1ccccc1.C=C(C(=O)OC)c1ccccc1. The number of benzene rings is 2. The van der Waals surface area contributed by atoms with Crippen LogP contribution in [0.1, 0.15) is 11.1 Å². The summed E-state index contributed by atoms with van der Waals surface area (Å²) in [7, 11) is 1.34. The van der Waals surface area contributed by atoms with Crippen LogP contribution in [0.25, 0.3) is 11.1 Å². The van der Waals surface area contributed by atoms with Crippen LogP contribution in [0.5, 0.6) is 0 Å². The highest BCUT2D eigenvalue weighted by atomic mass is 16.5. The molecule has 0 saturated heterocycles. The van der Waals surface area contributed by atoms with Crippen LogP contribution in [0.3, 0.4) is 0 Å². The van der Waals surface area contributed by atoms with Crippen LogP contribution in [0, 0.1) is 0 Å². The van der Waals surface area contributed by atoms with Crippen molar-refractivity contribution < 1.29 is 19.4 Å². The normalized spacial score (nSPS) is 9.09. The standard InChI is InChI=1S/C10H10O2.C9H8O2/c1-8(10(11)12-2)9-6-4-3-5-7-9;1-7(9(10)11)8-5-3-2-4-6-8/h3-7H,1H2,2H3;2-6H,1H2,(H,10,11). The molecule has 0 aromatic heterocycles. The van der Waals surface area contributed by atoms with Crippen molar-refractivity contribution in [1.29, 1.82) is 0 Å². The summed E-state index contributed by atoms with van der Waals surface area (Å²) in [5.41, 5.74) is 1.97. The van der Waals surface area contributed by atoms with Crippen molar-refractivity contribution in [3.05, 3.63) is 84.9 Å². The van der Waals surface area contributed by atoms with E-state index in [0.717, 1.165) is 5.56 Å². The maximum atomic E-state index is 11.0. The van der Waals surface area contributed by atoms with Gasteiger partial charge in [-0.1, -0.05) is 73.8 Å². The van der Waals surface area contributed by atoms with Gasteiger partial charge in [0.15, 0.2) is 0 Å². The fourth-order valence-corrected chi connectivity index (χ4v) is 1.64. The number of carbonyl (C=O) groups is 2. The lowest BCUT2D eigenvalue weighted by molar-refractivity contribution is -0.133. The smallest absolute Gasteiger partial charge is 0.337 e. The molecule has 23 heavy (non-hydrogen) atoms. The number of ether oxygens (including phenoxy) is 1. The Morgan fingerprint density at radius 2 is 1.22 bits per heavy atom. The van der Waals surface area contributed by atoms with E-state index >= 15 is 0 Å². The molecule has 0 aliphatic carbocycles. The Labute approximate surface area is 135 Å². The molecule has 0 atom stereocenters. The number of carboxylic acids is 1. The molecule has 2 aromatic rings. The number of hydrogen-bond donors (Lipinski definition) is 1. The molecule has 4 nitrogen and oxygen atoms in total. The minimum absolute atomic E-state index is 0.130. The zero-order valence-electron chi connectivity index (χ0n) is 12.9. The Kier molecular flexibility index (Phi) is 7.01. The number of aliphatic carboxylic acids is 1. The van der Waals surface area contributed by atoms with E-state index < -0.39 is 5.97 Å². The molecule has 1 N–H and O–H groups in total. The summed E-state index contributed by atoms with van der Waals surface area (Å²) in [4.78, 5) is 21.4. The van der Waals surface area contributed by atoms with Gasteiger partial charge in [0.25, 0.3) is 0 Å². The first-order valence-electron chi connectivity index (χ1n) is 6.77. The molecule has 2 rings (SSSR count). The molecule has 2 aromatic carbocycles. The quantitative estimate of drug-likeness (QED) is 0.691. The lowest BCUT2D eigenvalue weighted by Gasteiger charge is -2.01. The Bertz CT molecular complexity index is 688. The summed E-state index contributed by atoms with van der Waals surface area (Å²) in [6.07, 6.45) is 0. The summed E-state index contributed by atoms with van der Waals surface area (Å²) in [5.74, 6) is -1.36. The molecule has 118 valence electrons. The molecule has 0 spiro atoms. The van der Waals surface area contributed by atoms with E-state index in [1.807, 2.05) is 36.4 Å². The van der Waals surface area contributed by atoms with Gasteiger partial charge in [-0.2, -0.15) is 0 Å². The molecule has 4 heteroatoms. The van der Waals surface area contributed by atoms with Crippen LogP contribution in [0.4, 0.5) is 0 Å². The zero-order valence-corrected chi connectivity index (χ0v) is 12.9. The van der Waals surface area contributed by atoms with Crippen molar-refractivity contribution in [2.24, 2.45) is 0 Å². The third-order valence-corrected chi connectivity index (χ3v) is 2.93. The summed E-state index contributed by atoms with van der Waals surface area (Å²) in [6, 6.07) is 18.1. The Morgan fingerprint density at radius 1 is 0.826 bits per heavy atom. The molecular formula is C19H18O4. The van der Waals surface area contributed by atoms with Gasteiger partial charge in [-0.15, -0.1) is 0 Å². The van der Waals surface area contributed by atoms with Gasteiger partial charge in [0.1, 0.15) is 0 Å². The number of carboxylic acid groups (broad SMARTS) is 1. The second-order valence-corrected chi connectivity index (χ2v) is 4.49. The minimum atomic E-state index is -0.976. The van der Waals surface area contributed by atoms with Gasteiger partial charge in [-0.3, -0.25) is 0 Å². The number of rotatable bonds is 4. The summed E-state index contributed by atoms with van der Waals surface area (Å²) in [5, 5.41) is 8.54. The van der Waals surface area contributed by atoms with Crippen molar-refractivity contribution in [2.75, 3.05) is 7.11 Å². The maximum absolute atomic E-state index is 11.0. The van der Waals surface area contributed by atoms with Gasteiger partial charge in [0, 0.05) is 0 Å². The van der Waals surface area contributed by atoms with E-state index in [-0.39, 0.29) is 11.5 Å². The van der Waals surface area contributed by atoms with E-state index in [1.54, 1.807) is 24.3 Å². The van der Waals surface area contributed by atoms with Crippen LogP contribution in [-0.4, -0.2) is 24.2 Å². The van der Waals surface area contributed by atoms with Gasteiger partial charge in [0.05, 0.1) is 18.3 Å². The van der Waals surface area contributed by atoms with E-state index in [9.17, 15) is 9.59 Å². The van der Waals surface area contributed by atoms with E-state index in [2.05, 4.69) is 17.9 Å². The van der Waals surface area contributed by atoms with Crippen LogP contribution in [0.15, 0.2) is 73.8 Å². The molecule has 0 radical (unpaired) electrons.